The lowest BCUT2D eigenvalue weighted by Gasteiger charge is -2.09. The van der Waals surface area contributed by atoms with E-state index in [1.807, 2.05) is 0 Å². The van der Waals surface area contributed by atoms with E-state index in [0.29, 0.717) is 15.7 Å². The second-order valence-corrected chi connectivity index (χ2v) is 4.91. The van der Waals surface area contributed by atoms with Gasteiger partial charge in [-0.3, -0.25) is 4.79 Å². The summed E-state index contributed by atoms with van der Waals surface area (Å²) in [6.45, 7) is -0.0644. The minimum atomic E-state index is -0.506. The summed E-state index contributed by atoms with van der Waals surface area (Å²) in [5.41, 5.74) is 0.802. The third-order valence-electron chi connectivity index (χ3n) is 2.48. The minimum Gasteiger partial charge on any atom is -0.374 e. The zero-order valence-electron chi connectivity index (χ0n) is 10.3. The zero-order valence-corrected chi connectivity index (χ0v) is 11.8. The first-order valence-corrected chi connectivity index (χ1v) is 6.54. The van der Waals surface area contributed by atoms with Crippen molar-refractivity contribution < 1.29 is 9.18 Å². The molecule has 0 aromatic heterocycles. The van der Waals surface area contributed by atoms with E-state index in [9.17, 15) is 9.18 Å². The maximum absolute atomic E-state index is 13.5. The molecule has 0 atom stereocenters. The number of hydrogen-bond donors (Lipinski definition) is 2. The van der Waals surface area contributed by atoms with Crippen molar-refractivity contribution in [3.8, 4) is 0 Å². The molecule has 2 rings (SSSR count). The molecule has 0 fully saturated rings. The van der Waals surface area contributed by atoms with Gasteiger partial charge in [0.15, 0.2) is 0 Å². The van der Waals surface area contributed by atoms with Crippen molar-refractivity contribution in [2.45, 2.75) is 0 Å². The summed E-state index contributed by atoms with van der Waals surface area (Å²) in [7, 11) is 0. The van der Waals surface area contributed by atoms with E-state index in [-0.39, 0.29) is 18.1 Å². The van der Waals surface area contributed by atoms with E-state index >= 15 is 0 Å². The van der Waals surface area contributed by atoms with Gasteiger partial charge in [-0.2, -0.15) is 0 Å². The highest BCUT2D eigenvalue weighted by molar-refractivity contribution is 6.31. The molecule has 0 heterocycles. The SMILES string of the molecule is O=C(CNc1ccc(Cl)cc1F)Nc1cccc(Cl)c1. The van der Waals surface area contributed by atoms with E-state index in [1.54, 1.807) is 30.3 Å². The van der Waals surface area contributed by atoms with E-state index in [0.717, 1.165) is 0 Å². The number of anilines is 2. The average molecular weight is 313 g/mol. The summed E-state index contributed by atoms with van der Waals surface area (Å²) in [4.78, 5) is 11.7. The predicted octanol–water partition coefficient (Wildman–Crippen LogP) is 4.18. The van der Waals surface area contributed by atoms with Gasteiger partial charge in [0.25, 0.3) is 0 Å². The predicted molar refractivity (Wildman–Crippen MR) is 80.0 cm³/mol. The third-order valence-corrected chi connectivity index (χ3v) is 2.95. The van der Waals surface area contributed by atoms with Crippen molar-refractivity contribution in [3.05, 3.63) is 58.3 Å². The lowest BCUT2D eigenvalue weighted by Crippen LogP contribution is -2.22. The standard InChI is InChI=1S/C14H11Cl2FN2O/c15-9-2-1-3-11(6-9)19-14(20)8-18-13-5-4-10(16)7-12(13)17/h1-7,18H,8H2,(H,19,20). The number of carbonyl (C=O) groups excluding carboxylic acids is 1. The Hall–Kier alpha value is -1.78. The first kappa shape index (κ1) is 14.6. The number of carbonyl (C=O) groups is 1. The third kappa shape index (κ3) is 4.11. The monoisotopic (exact) mass is 312 g/mol. The van der Waals surface area contributed by atoms with Gasteiger partial charge in [0.2, 0.25) is 5.91 Å². The first-order valence-electron chi connectivity index (χ1n) is 5.79. The Balaban J connectivity index is 1.92. The van der Waals surface area contributed by atoms with E-state index in [1.165, 1.54) is 12.1 Å². The molecular weight excluding hydrogens is 302 g/mol. The molecule has 2 aromatic rings. The lowest BCUT2D eigenvalue weighted by atomic mass is 10.3. The van der Waals surface area contributed by atoms with Gasteiger partial charge in [0.05, 0.1) is 12.2 Å². The molecule has 0 spiro atoms. The van der Waals surface area contributed by atoms with Crippen LogP contribution in [0, 0.1) is 5.82 Å². The summed E-state index contributed by atoms with van der Waals surface area (Å²) in [6.07, 6.45) is 0. The normalized spacial score (nSPS) is 10.2. The van der Waals surface area contributed by atoms with Crippen LogP contribution in [0.1, 0.15) is 0 Å². The average Bonchev–Trinajstić information content (AvgIpc) is 2.37. The molecule has 6 heteroatoms. The second kappa shape index (κ2) is 6.59. The van der Waals surface area contributed by atoms with Crippen LogP contribution in [0.4, 0.5) is 15.8 Å². The summed E-state index contributed by atoms with van der Waals surface area (Å²) in [5, 5.41) is 6.18. The second-order valence-electron chi connectivity index (χ2n) is 4.04. The van der Waals surface area contributed by atoms with Crippen LogP contribution in [0.25, 0.3) is 0 Å². The summed E-state index contributed by atoms with van der Waals surface area (Å²) in [6, 6.07) is 11.0. The highest BCUT2D eigenvalue weighted by atomic mass is 35.5. The number of nitrogens with one attached hydrogen (secondary N) is 2. The molecule has 104 valence electrons. The van der Waals surface area contributed by atoms with Crippen LogP contribution in [-0.4, -0.2) is 12.5 Å². The largest absolute Gasteiger partial charge is 0.374 e. The summed E-state index contributed by atoms with van der Waals surface area (Å²) >= 11 is 11.5. The minimum absolute atomic E-state index is 0.0644. The Labute approximate surface area is 125 Å². The maximum Gasteiger partial charge on any atom is 0.243 e. The van der Waals surface area contributed by atoms with Crippen LogP contribution in [0.5, 0.6) is 0 Å². The molecule has 1 amide bonds. The van der Waals surface area contributed by atoms with Crippen LogP contribution in [0.2, 0.25) is 10.0 Å². The Morgan fingerprint density at radius 1 is 1.10 bits per heavy atom. The van der Waals surface area contributed by atoms with E-state index in [2.05, 4.69) is 10.6 Å². The van der Waals surface area contributed by atoms with Gasteiger partial charge >= 0.3 is 0 Å². The Kier molecular flexibility index (Phi) is 4.82. The van der Waals surface area contributed by atoms with Gasteiger partial charge in [-0.25, -0.2) is 4.39 Å². The van der Waals surface area contributed by atoms with Gasteiger partial charge in [-0.1, -0.05) is 29.3 Å². The van der Waals surface area contributed by atoms with Crippen molar-refractivity contribution in [1.29, 1.82) is 0 Å². The van der Waals surface area contributed by atoms with Crippen molar-refractivity contribution in [2.75, 3.05) is 17.2 Å². The number of amides is 1. The lowest BCUT2D eigenvalue weighted by molar-refractivity contribution is -0.114. The van der Waals surface area contributed by atoms with Gasteiger partial charge in [0, 0.05) is 15.7 Å². The molecule has 0 aliphatic carbocycles. The first-order chi connectivity index (χ1) is 9.54. The molecule has 0 aliphatic rings. The zero-order chi connectivity index (χ0) is 14.5. The topological polar surface area (TPSA) is 41.1 Å². The highest BCUT2D eigenvalue weighted by Crippen LogP contribution is 2.19. The molecule has 0 saturated carbocycles. The highest BCUT2D eigenvalue weighted by Gasteiger charge is 2.06. The van der Waals surface area contributed by atoms with Crippen LogP contribution >= 0.6 is 23.2 Å². The van der Waals surface area contributed by atoms with Crippen molar-refractivity contribution in [2.24, 2.45) is 0 Å². The maximum atomic E-state index is 13.5. The van der Waals surface area contributed by atoms with Gasteiger partial charge in [0.1, 0.15) is 5.82 Å². The number of hydrogen-bond acceptors (Lipinski definition) is 2. The number of halogens is 3. The fourth-order valence-corrected chi connectivity index (χ4v) is 1.93. The van der Waals surface area contributed by atoms with Crippen LogP contribution in [-0.2, 0) is 4.79 Å². The molecule has 0 saturated heterocycles. The molecule has 0 aliphatic heterocycles. The molecule has 2 aromatic carbocycles. The summed E-state index contributed by atoms with van der Waals surface area (Å²) < 4.78 is 13.5. The molecule has 2 N–H and O–H groups in total. The van der Waals surface area contributed by atoms with Crippen LogP contribution in [0.3, 0.4) is 0 Å². The molecule has 0 radical (unpaired) electrons. The van der Waals surface area contributed by atoms with Gasteiger partial charge in [-0.05, 0) is 36.4 Å². The van der Waals surface area contributed by atoms with E-state index < -0.39 is 5.82 Å². The molecule has 3 nitrogen and oxygen atoms in total. The molecule has 0 unspecified atom stereocenters. The fourth-order valence-electron chi connectivity index (χ4n) is 1.58. The van der Waals surface area contributed by atoms with Crippen LogP contribution < -0.4 is 10.6 Å². The Morgan fingerprint density at radius 2 is 1.85 bits per heavy atom. The van der Waals surface area contributed by atoms with E-state index in [4.69, 9.17) is 23.2 Å². The Morgan fingerprint density at radius 3 is 2.55 bits per heavy atom. The summed E-state index contributed by atoms with van der Waals surface area (Å²) in [5.74, 6) is -0.810. The number of benzene rings is 2. The van der Waals surface area contributed by atoms with Crippen molar-refractivity contribution in [3.63, 3.8) is 0 Å². The molecule has 20 heavy (non-hydrogen) atoms. The molecule has 0 bridgehead atoms. The van der Waals surface area contributed by atoms with Gasteiger partial charge < -0.3 is 10.6 Å². The van der Waals surface area contributed by atoms with Crippen molar-refractivity contribution in [1.82, 2.24) is 0 Å². The number of rotatable bonds is 4. The Bertz CT molecular complexity index is 634. The van der Waals surface area contributed by atoms with Crippen LogP contribution in [0.15, 0.2) is 42.5 Å². The van der Waals surface area contributed by atoms with Crippen molar-refractivity contribution >= 4 is 40.5 Å². The quantitative estimate of drug-likeness (QED) is 0.889. The van der Waals surface area contributed by atoms with Gasteiger partial charge in [-0.15, -0.1) is 0 Å². The smallest absolute Gasteiger partial charge is 0.243 e. The fraction of sp³-hybridized carbons (Fsp3) is 0.0714. The molecular formula is C14H11Cl2FN2O.